The minimum absolute atomic E-state index is 0.109. The van der Waals surface area contributed by atoms with Gasteiger partial charge in [0, 0.05) is 18.7 Å². The number of nitrogens with zero attached hydrogens (tertiary/aromatic N) is 1. The van der Waals surface area contributed by atoms with Crippen LogP contribution in [0.1, 0.15) is 60.2 Å². The van der Waals surface area contributed by atoms with Crippen LogP contribution in [0.3, 0.4) is 0 Å². The van der Waals surface area contributed by atoms with Gasteiger partial charge in [-0.1, -0.05) is 42.5 Å². The molecule has 148 valence electrons. The summed E-state index contributed by atoms with van der Waals surface area (Å²) in [5.41, 5.74) is 5.97. The number of rotatable bonds is 4. The average Bonchev–Trinajstić information content (AvgIpc) is 2.78. The first-order valence-corrected chi connectivity index (χ1v) is 10.6. The lowest BCUT2D eigenvalue weighted by Gasteiger charge is -2.19. The molecule has 0 saturated heterocycles. The van der Waals surface area contributed by atoms with E-state index in [4.69, 9.17) is 0 Å². The van der Waals surface area contributed by atoms with Crippen LogP contribution in [0, 0.1) is 0 Å². The van der Waals surface area contributed by atoms with Crippen molar-refractivity contribution in [2.24, 2.45) is 0 Å². The summed E-state index contributed by atoms with van der Waals surface area (Å²) in [5, 5.41) is 3.54. The highest BCUT2D eigenvalue weighted by molar-refractivity contribution is 5.95. The van der Waals surface area contributed by atoms with Crippen LogP contribution in [0.4, 0.5) is 0 Å². The van der Waals surface area contributed by atoms with Crippen LogP contribution >= 0.6 is 0 Å². The molecule has 1 amide bonds. The Balaban J connectivity index is 1.94. The molecule has 3 rings (SSSR count). The lowest BCUT2D eigenvalue weighted by Crippen LogP contribution is -2.30. The first-order valence-electron chi connectivity index (χ1n) is 10.6. The fourth-order valence-corrected chi connectivity index (χ4v) is 3.88. The van der Waals surface area contributed by atoms with E-state index in [2.05, 4.69) is 47.8 Å². The standard InChI is InChI=1S/C25H32N2O/c1-3-27(4-2)25(28)22-16-14-21(15-17-22)24-13-9-19-26-18-8-7-11-20-10-5-6-12-23(20)24/h5-6,10,12-17,26H,3-4,7-9,11,18-19H2,1-2H3/b24-13-. The lowest BCUT2D eigenvalue weighted by atomic mass is 9.90. The third-order valence-corrected chi connectivity index (χ3v) is 5.52. The largest absolute Gasteiger partial charge is 0.339 e. The number of fused-ring (bicyclic) bond motifs is 1. The summed E-state index contributed by atoms with van der Waals surface area (Å²) in [7, 11) is 0. The molecule has 1 heterocycles. The SMILES string of the molecule is CCN(CC)C(=O)c1ccc(/C2=C/CCNCCCCc3ccccc32)cc1. The van der Waals surface area contributed by atoms with Gasteiger partial charge in [-0.25, -0.2) is 0 Å². The van der Waals surface area contributed by atoms with Crippen molar-refractivity contribution in [3.05, 3.63) is 76.9 Å². The Hall–Kier alpha value is -2.39. The molecule has 2 aromatic carbocycles. The summed E-state index contributed by atoms with van der Waals surface area (Å²) in [5.74, 6) is 0.109. The second-order valence-corrected chi connectivity index (χ2v) is 7.33. The second-order valence-electron chi connectivity index (χ2n) is 7.33. The van der Waals surface area contributed by atoms with E-state index >= 15 is 0 Å². The van der Waals surface area contributed by atoms with Crippen molar-refractivity contribution in [1.82, 2.24) is 10.2 Å². The Morgan fingerprint density at radius 2 is 1.71 bits per heavy atom. The minimum Gasteiger partial charge on any atom is -0.339 e. The van der Waals surface area contributed by atoms with E-state index in [0.717, 1.165) is 44.6 Å². The average molecular weight is 377 g/mol. The van der Waals surface area contributed by atoms with Gasteiger partial charge in [-0.2, -0.15) is 0 Å². The highest BCUT2D eigenvalue weighted by atomic mass is 16.2. The number of amides is 1. The van der Waals surface area contributed by atoms with Crippen LogP contribution in [0.15, 0.2) is 54.6 Å². The van der Waals surface area contributed by atoms with Gasteiger partial charge in [0.2, 0.25) is 0 Å². The first-order chi connectivity index (χ1) is 13.7. The number of carbonyl (C=O) groups is 1. The molecule has 0 unspecified atom stereocenters. The van der Waals surface area contributed by atoms with Crippen LogP contribution in [0.2, 0.25) is 0 Å². The topological polar surface area (TPSA) is 32.3 Å². The second kappa shape index (κ2) is 10.2. The van der Waals surface area contributed by atoms with Gasteiger partial charge < -0.3 is 10.2 Å². The smallest absolute Gasteiger partial charge is 0.253 e. The molecule has 0 fully saturated rings. The molecule has 1 aliphatic heterocycles. The molecule has 0 aromatic heterocycles. The summed E-state index contributed by atoms with van der Waals surface area (Å²) >= 11 is 0. The fraction of sp³-hybridized carbons (Fsp3) is 0.400. The lowest BCUT2D eigenvalue weighted by molar-refractivity contribution is 0.0773. The maximum absolute atomic E-state index is 12.6. The number of benzene rings is 2. The third-order valence-electron chi connectivity index (χ3n) is 5.52. The van der Waals surface area contributed by atoms with Crippen molar-refractivity contribution in [2.45, 2.75) is 39.5 Å². The zero-order chi connectivity index (χ0) is 19.8. The maximum Gasteiger partial charge on any atom is 0.253 e. The van der Waals surface area contributed by atoms with E-state index < -0.39 is 0 Å². The zero-order valence-electron chi connectivity index (χ0n) is 17.2. The number of hydrogen-bond donors (Lipinski definition) is 1. The molecule has 0 bridgehead atoms. The summed E-state index contributed by atoms with van der Waals surface area (Å²) in [6.45, 7) is 7.62. The van der Waals surface area contributed by atoms with Crippen LogP contribution < -0.4 is 5.32 Å². The van der Waals surface area contributed by atoms with Crippen molar-refractivity contribution in [2.75, 3.05) is 26.2 Å². The van der Waals surface area contributed by atoms with Gasteiger partial charge in [0.25, 0.3) is 5.91 Å². The predicted octanol–water partition coefficient (Wildman–Crippen LogP) is 4.92. The van der Waals surface area contributed by atoms with Crippen molar-refractivity contribution in [3.8, 4) is 0 Å². The van der Waals surface area contributed by atoms with Crippen molar-refractivity contribution >= 4 is 11.5 Å². The molecule has 1 N–H and O–H groups in total. The molecular weight excluding hydrogens is 344 g/mol. The maximum atomic E-state index is 12.6. The Morgan fingerprint density at radius 3 is 2.46 bits per heavy atom. The quantitative estimate of drug-likeness (QED) is 0.822. The summed E-state index contributed by atoms with van der Waals surface area (Å²) in [4.78, 5) is 14.5. The predicted molar refractivity (Wildman–Crippen MR) is 118 cm³/mol. The van der Waals surface area contributed by atoms with Gasteiger partial charge >= 0.3 is 0 Å². The monoisotopic (exact) mass is 376 g/mol. The molecule has 1 aliphatic rings. The molecule has 0 saturated carbocycles. The fourth-order valence-electron chi connectivity index (χ4n) is 3.88. The van der Waals surface area contributed by atoms with E-state index in [9.17, 15) is 4.79 Å². The first kappa shape index (κ1) is 20.3. The number of carbonyl (C=O) groups excluding carboxylic acids is 1. The van der Waals surface area contributed by atoms with Crippen LogP contribution in [-0.4, -0.2) is 37.0 Å². The molecule has 2 aromatic rings. The molecule has 0 spiro atoms. The Bertz CT molecular complexity index is 804. The van der Waals surface area contributed by atoms with E-state index in [1.165, 1.54) is 35.1 Å². The van der Waals surface area contributed by atoms with E-state index in [1.54, 1.807) is 0 Å². The molecule has 0 aliphatic carbocycles. The molecular formula is C25H32N2O. The van der Waals surface area contributed by atoms with Crippen LogP contribution in [-0.2, 0) is 6.42 Å². The van der Waals surface area contributed by atoms with Crippen molar-refractivity contribution in [3.63, 3.8) is 0 Å². The third kappa shape index (κ3) is 4.90. The van der Waals surface area contributed by atoms with Crippen molar-refractivity contribution in [1.29, 1.82) is 0 Å². The summed E-state index contributed by atoms with van der Waals surface area (Å²) < 4.78 is 0. The Morgan fingerprint density at radius 1 is 0.964 bits per heavy atom. The Kier molecular flexibility index (Phi) is 7.44. The molecule has 28 heavy (non-hydrogen) atoms. The molecule has 0 atom stereocenters. The highest BCUT2D eigenvalue weighted by Gasteiger charge is 2.14. The van der Waals surface area contributed by atoms with Gasteiger partial charge in [-0.15, -0.1) is 0 Å². The molecule has 3 heteroatoms. The normalized spacial score (nSPS) is 17.0. The van der Waals surface area contributed by atoms with Crippen LogP contribution in [0.25, 0.3) is 5.57 Å². The van der Waals surface area contributed by atoms with Gasteiger partial charge in [0.05, 0.1) is 0 Å². The van der Waals surface area contributed by atoms with E-state index in [0.29, 0.717) is 0 Å². The van der Waals surface area contributed by atoms with E-state index in [-0.39, 0.29) is 5.91 Å². The van der Waals surface area contributed by atoms with Gasteiger partial charge in [-0.05, 0) is 87.0 Å². The molecule has 3 nitrogen and oxygen atoms in total. The minimum atomic E-state index is 0.109. The molecule has 0 radical (unpaired) electrons. The van der Waals surface area contributed by atoms with Gasteiger partial charge in [0.1, 0.15) is 0 Å². The van der Waals surface area contributed by atoms with Crippen LogP contribution in [0.5, 0.6) is 0 Å². The number of nitrogens with one attached hydrogen (secondary N) is 1. The van der Waals surface area contributed by atoms with E-state index in [1.807, 2.05) is 30.9 Å². The number of hydrogen-bond acceptors (Lipinski definition) is 2. The number of aryl methyl sites for hydroxylation is 1. The summed E-state index contributed by atoms with van der Waals surface area (Å²) in [6, 6.07) is 16.9. The van der Waals surface area contributed by atoms with Crippen molar-refractivity contribution < 1.29 is 4.79 Å². The summed E-state index contributed by atoms with van der Waals surface area (Å²) in [6.07, 6.45) is 6.87. The highest BCUT2D eigenvalue weighted by Crippen LogP contribution is 2.28. The van der Waals surface area contributed by atoms with Gasteiger partial charge in [0.15, 0.2) is 0 Å². The Labute approximate surface area is 169 Å². The van der Waals surface area contributed by atoms with Gasteiger partial charge in [-0.3, -0.25) is 4.79 Å². The zero-order valence-corrected chi connectivity index (χ0v) is 17.2.